The zero-order valence-electron chi connectivity index (χ0n) is 12.1. The number of primary amides is 1. The maximum Gasteiger partial charge on any atom is 0.318 e. The van der Waals surface area contributed by atoms with Crippen LogP contribution in [0.4, 0.5) is 4.79 Å². The molecule has 0 aliphatic heterocycles. The first kappa shape index (κ1) is 17.6. The number of carbonyl (C=O) groups excluding carboxylic acids is 4. The Balaban J connectivity index is 2.62. The van der Waals surface area contributed by atoms with Gasteiger partial charge >= 0.3 is 12.0 Å². The number of ether oxygens (including phenoxy) is 1. The summed E-state index contributed by atoms with van der Waals surface area (Å²) in [7, 11) is 0. The average molecular weight is 327 g/mol. The van der Waals surface area contributed by atoms with E-state index in [1.807, 2.05) is 10.7 Å². The lowest BCUT2D eigenvalue weighted by molar-refractivity contribution is -0.155. The van der Waals surface area contributed by atoms with Crippen molar-refractivity contribution in [2.45, 2.75) is 32.4 Å². The highest BCUT2D eigenvalue weighted by molar-refractivity contribution is 7.10. The summed E-state index contributed by atoms with van der Waals surface area (Å²) in [5.41, 5.74) is 4.80. The lowest BCUT2D eigenvalue weighted by Gasteiger charge is -2.17. The van der Waals surface area contributed by atoms with Crippen molar-refractivity contribution in [1.29, 1.82) is 0 Å². The highest BCUT2D eigenvalue weighted by Gasteiger charge is 2.23. The molecule has 120 valence electrons. The molecular formula is C13H17N3O5S. The zero-order chi connectivity index (χ0) is 16.7. The highest BCUT2D eigenvalue weighted by atomic mass is 32.1. The Morgan fingerprint density at radius 2 is 2.05 bits per heavy atom. The van der Waals surface area contributed by atoms with Gasteiger partial charge in [0.05, 0.1) is 12.5 Å². The average Bonchev–Trinajstić information content (AvgIpc) is 2.90. The van der Waals surface area contributed by atoms with E-state index in [2.05, 4.69) is 5.32 Å². The molecule has 0 spiro atoms. The normalized spacial score (nSPS) is 12.8. The molecule has 1 rings (SSSR count). The minimum atomic E-state index is -1.17. The Labute approximate surface area is 131 Å². The summed E-state index contributed by atoms with van der Waals surface area (Å²) >= 11 is 1.39. The van der Waals surface area contributed by atoms with Gasteiger partial charge in [-0.15, -0.1) is 11.3 Å². The van der Waals surface area contributed by atoms with Gasteiger partial charge in [0.1, 0.15) is 0 Å². The van der Waals surface area contributed by atoms with Crippen LogP contribution in [-0.4, -0.2) is 29.9 Å². The highest BCUT2D eigenvalue weighted by Crippen LogP contribution is 2.22. The van der Waals surface area contributed by atoms with Crippen molar-refractivity contribution in [3.05, 3.63) is 22.4 Å². The van der Waals surface area contributed by atoms with Gasteiger partial charge in [0.25, 0.3) is 5.91 Å². The number of nitrogens with one attached hydrogen (secondary N) is 2. The third-order valence-corrected chi connectivity index (χ3v) is 3.54. The van der Waals surface area contributed by atoms with Crippen LogP contribution in [0.2, 0.25) is 0 Å². The minimum Gasteiger partial charge on any atom is -0.452 e. The first-order valence-electron chi connectivity index (χ1n) is 6.40. The summed E-state index contributed by atoms with van der Waals surface area (Å²) in [5.74, 6) is -1.78. The van der Waals surface area contributed by atoms with E-state index in [0.29, 0.717) is 0 Å². The molecule has 0 aliphatic rings. The second-order valence-electron chi connectivity index (χ2n) is 4.46. The molecule has 1 aromatic rings. The summed E-state index contributed by atoms with van der Waals surface area (Å²) < 4.78 is 4.92. The summed E-state index contributed by atoms with van der Waals surface area (Å²) in [6.07, 6.45) is -1.30. The molecule has 1 aromatic heterocycles. The summed E-state index contributed by atoms with van der Waals surface area (Å²) in [4.78, 5) is 45.8. The molecule has 0 saturated carbocycles. The number of imide groups is 1. The third-order valence-electron chi connectivity index (χ3n) is 2.56. The molecule has 8 nitrogen and oxygen atoms in total. The Bertz CT molecular complexity index is 558. The van der Waals surface area contributed by atoms with Crippen molar-refractivity contribution in [2.24, 2.45) is 5.73 Å². The van der Waals surface area contributed by atoms with E-state index in [4.69, 9.17) is 10.5 Å². The van der Waals surface area contributed by atoms with Gasteiger partial charge in [-0.3, -0.25) is 19.7 Å². The first-order valence-corrected chi connectivity index (χ1v) is 7.27. The molecule has 0 radical (unpaired) electrons. The molecule has 0 aromatic carbocycles. The van der Waals surface area contributed by atoms with E-state index < -0.39 is 30.1 Å². The largest absolute Gasteiger partial charge is 0.452 e. The monoisotopic (exact) mass is 327 g/mol. The maximum atomic E-state index is 11.9. The van der Waals surface area contributed by atoms with Crippen molar-refractivity contribution < 1.29 is 23.9 Å². The Hall–Kier alpha value is -2.42. The third kappa shape index (κ3) is 5.92. The molecule has 2 atom stereocenters. The molecule has 4 amide bonds. The van der Waals surface area contributed by atoms with Crippen LogP contribution in [-0.2, 0) is 19.1 Å². The lowest BCUT2D eigenvalue weighted by atomic mass is 10.1. The predicted octanol–water partition coefficient (Wildman–Crippen LogP) is 0.442. The maximum absolute atomic E-state index is 11.9. The number of amides is 4. The molecule has 2 unspecified atom stereocenters. The van der Waals surface area contributed by atoms with Gasteiger partial charge in [-0.25, -0.2) is 4.79 Å². The van der Waals surface area contributed by atoms with E-state index in [-0.39, 0.29) is 12.3 Å². The van der Waals surface area contributed by atoms with Crippen molar-refractivity contribution in [1.82, 2.24) is 10.6 Å². The number of thiophene rings is 1. The predicted molar refractivity (Wildman–Crippen MR) is 78.8 cm³/mol. The molecule has 0 aliphatic carbocycles. The minimum absolute atomic E-state index is 0.131. The molecule has 9 heteroatoms. The van der Waals surface area contributed by atoms with E-state index in [1.54, 1.807) is 12.1 Å². The van der Waals surface area contributed by atoms with Crippen LogP contribution in [0.25, 0.3) is 0 Å². The molecule has 4 N–H and O–H groups in total. The molecule has 22 heavy (non-hydrogen) atoms. The van der Waals surface area contributed by atoms with E-state index >= 15 is 0 Å². The number of carbonyl (C=O) groups is 4. The van der Waals surface area contributed by atoms with Gasteiger partial charge in [0.2, 0.25) is 5.91 Å². The zero-order valence-corrected chi connectivity index (χ0v) is 12.9. The topological polar surface area (TPSA) is 128 Å². The Morgan fingerprint density at radius 1 is 1.36 bits per heavy atom. The number of esters is 1. The van der Waals surface area contributed by atoms with Crippen molar-refractivity contribution in [2.75, 3.05) is 0 Å². The van der Waals surface area contributed by atoms with Crippen LogP contribution >= 0.6 is 11.3 Å². The fraction of sp³-hybridized carbons (Fsp3) is 0.385. The van der Waals surface area contributed by atoms with Crippen LogP contribution in [0.15, 0.2) is 17.5 Å². The quantitative estimate of drug-likeness (QED) is 0.653. The Morgan fingerprint density at radius 3 is 2.55 bits per heavy atom. The van der Waals surface area contributed by atoms with E-state index in [1.165, 1.54) is 25.2 Å². The fourth-order valence-corrected chi connectivity index (χ4v) is 2.42. The summed E-state index contributed by atoms with van der Waals surface area (Å²) in [5, 5.41) is 6.28. The number of hydrogen-bond donors (Lipinski definition) is 3. The van der Waals surface area contributed by atoms with Crippen molar-refractivity contribution in [3.8, 4) is 0 Å². The van der Waals surface area contributed by atoms with Crippen LogP contribution in [0.5, 0.6) is 0 Å². The van der Waals surface area contributed by atoms with Crippen molar-refractivity contribution >= 4 is 35.2 Å². The van der Waals surface area contributed by atoms with Gasteiger partial charge in [-0.2, -0.15) is 0 Å². The molecule has 0 bridgehead atoms. The standard InChI is InChI=1S/C13H17N3O5S/c1-7(12(19)16-13(14)20)21-11(18)6-9(15-8(2)17)10-4-3-5-22-10/h3-5,7,9H,6H2,1-2H3,(H,15,17)(H3,14,16,19,20). The van der Waals surface area contributed by atoms with Gasteiger partial charge < -0.3 is 15.8 Å². The van der Waals surface area contributed by atoms with Gasteiger partial charge in [-0.05, 0) is 18.4 Å². The van der Waals surface area contributed by atoms with Crippen LogP contribution in [0.3, 0.4) is 0 Å². The van der Waals surface area contributed by atoms with Crippen molar-refractivity contribution in [3.63, 3.8) is 0 Å². The molecule has 1 heterocycles. The summed E-state index contributed by atoms with van der Waals surface area (Å²) in [6.45, 7) is 2.66. The van der Waals surface area contributed by atoms with Crippen LogP contribution < -0.4 is 16.4 Å². The number of urea groups is 1. The van der Waals surface area contributed by atoms with Crippen LogP contribution in [0, 0.1) is 0 Å². The SMILES string of the molecule is CC(=O)NC(CC(=O)OC(C)C(=O)NC(N)=O)c1cccs1. The number of rotatable bonds is 6. The summed E-state index contributed by atoms with van der Waals surface area (Å²) in [6, 6.07) is 2.02. The second kappa shape index (κ2) is 8.13. The Kier molecular flexibility index (Phi) is 6.51. The fourth-order valence-electron chi connectivity index (χ4n) is 1.65. The lowest BCUT2D eigenvalue weighted by Crippen LogP contribution is -2.42. The number of nitrogens with two attached hydrogens (primary N) is 1. The first-order chi connectivity index (χ1) is 10.3. The van der Waals surface area contributed by atoms with Gasteiger partial charge in [0, 0.05) is 11.8 Å². The van der Waals surface area contributed by atoms with Gasteiger partial charge in [0.15, 0.2) is 6.10 Å². The molecular weight excluding hydrogens is 310 g/mol. The smallest absolute Gasteiger partial charge is 0.318 e. The molecule has 0 saturated heterocycles. The number of hydrogen-bond acceptors (Lipinski definition) is 6. The van der Waals surface area contributed by atoms with E-state index in [9.17, 15) is 19.2 Å². The van der Waals surface area contributed by atoms with Crippen LogP contribution in [0.1, 0.15) is 31.2 Å². The van der Waals surface area contributed by atoms with Gasteiger partial charge in [-0.1, -0.05) is 6.07 Å². The second-order valence-corrected chi connectivity index (χ2v) is 5.44. The van der Waals surface area contributed by atoms with E-state index in [0.717, 1.165) is 4.88 Å². The molecule has 0 fully saturated rings.